The predicted molar refractivity (Wildman–Crippen MR) is 105 cm³/mol. The van der Waals surface area contributed by atoms with Crippen LogP contribution in [0.25, 0.3) is 0 Å². The molecular weight excluding hydrogens is 408 g/mol. The van der Waals surface area contributed by atoms with Gasteiger partial charge in [-0.3, -0.25) is 14.4 Å². The van der Waals surface area contributed by atoms with Crippen molar-refractivity contribution in [1.29, 1.82) is 0 Å². The number of benzene rings is 3. The van der Waals surface area contributed by atoms with Crippen molar-refractivity contribution in [3.8, 4) is 0 Å². The molecule has 8 heteroatoms. The molecule has 0 atom stereocenters. The lowest BCUT2D eigenvalue weighted by molar-refractivity contribution is -0.119. The van der Waals surface area contributed by atoms with Gasteiger partial charge in [-0.05, 0) is 30.3 Å². The Kier molecular flexibility index (Phi) is 5.12. The minimum absolute atomic E-state index is 0.131. The molecule has 0 aliphatic heterocycles. The molecule has 4 rings (SSSR count). The summed E-state index contributed by atoms with van der Waals surface area (Å²) < 4.78 is 31.9. The highest BCUT2D eigenvalue weighted by molar-refractivity contribution is 6.28. The van der Waals surface area contributed by atoms with Gasteiger partial charge in [0.05, 0.1) is 0 Å². The number of ether oxygens (including phenoxy) is 1. The number of hydrogen-bond donors (Lipinski definition) is 1. The summed E-state index contributed by atoms with van der Waals surface area (Å²) in [5.74, 6) is -4.99. The maximum atomic E-state index is 13.6. The Bertz CT molecular complexity index is 1250. The Hall–Kier alpha value is -4.20. The van der Waals surface area contributed by atoms with Crippen molar-refractivity contribution in [3.05, 3.63) is 100 Å². The van der Waals surface area contributed by atoms with Gasteiger partial charge >= 0.3 is 5.97 Å². The number of carbonyl (C=O) groups excluding carboxylic acids is 4. The van der Waals surface area contributed by atoms with E-state index in [1.165, 1.54) is 18.2 Å². The molecule has 0 spiro atoms. The summed E-state index contributed by atoms with van der Waals surface area (Å²) in [7, 11) is 0. The van der Waals surface area contributed by atoms with E-state index >= 15 is 0 Å². The third-order valence-corrected chi connectivity index (χ3v) is 4.71. The Morgan fingerprint density at radius 2 is 1.35 bits per heavy atom. The molecule has 1 amide bonds. The van der Waals surface area contributed by atoms with E-state index in [4.69, 9.17) is 0 Å². The Labute approximate surface area is 174 Å². The highest BCUT2D eigenvalue weighted by Crippen LogP contribution is 2.29. The lowest BCUT2D eigenvalue weighted by Gasteiger charge is -2.18. The van der Waals surface area contributed by atoms with Crippen molar-refractivity contribution in [2.45, 2.75) is 0 Å². The number of halogens is 2. The van der Waals surface area contributed by atoms with Crippen LogP contribution >= 0.6 is 0 Å². The van der Waals surface area contributed by atoms with Gasteiger partial charge < -0.3 is 10.1 Å². The first-order chi connectivity index (χ1) is 14.9. The molecule has 0 saturated heterocycles. The molecule has 31 heavy (non-hydrogen) atoms. The van der Waals surface area contributed by atoms with E-state index in [0.717, 1.165) is 18.2 Å². The van der Waals surface area contributed by atoms with Gasteiger partial charge in [0.1, 0.15) is 17.2 Å². The normalized spacial score (nSPS) is 12.1. The quantitative estimate of drug-likeness (QED) is 0.509. The molecule has 3 aromatic carbocycles. The van der Waals surface area contributed by atoms with Gasteiger partial charge in [0, 0.05) is 27.9 Å². The monoisotopic (exact) mass is 421 g/mol. The molecule has 1 aliphatic carbocycles. The van der Waals surface area contributed by atoms with Crippen LogP contribution in [-0.4, -0.2) is 30.0 Å². The van der Waals surface area contributed by atoms with E-state index in [0.29, 0.717) is 5.56 Å². The van der Waals surface area contributed by atoms with Crippen molar-refractivity contribution in [2.75, 3.05) is 11.9 Å². The lowest BCUT2D eigenvalue weighted by atomic mass is 9.84. The fraction of sp³-hybridized carbons (Fsp3) is 0.0435. The van der Waals surface area contributed by atoms with Gasteiger partial charge in [-0.15, -0.1) is 0 Å². The second-order valence-corrected chi connectivity index (χ2v) is 6.69. The zero-order chi connectivity index (χ0) is 22.1. The fourth-order valence-electron chi connectivity index (χ4n) is 3.27. The molecule has 0 saturated carbocycles. The number of nitrogens with one attached hydrogen (secondary N) is 1. The highest BCUT2D eigenvalue weighted by atomic mass is 19.1. The molecule has 0 radical (unpaired) electrons. The zero-order valence-corrected chi connectivity index (χ0v) is 15.8. The summed E-state index contributed by atoms with van der Waals surface area (Å²) in [5.41, 5.74) is 0.215. The summed E-state index contributed by atoms with van der Waals surface area (Å²) in [6, 6.07) is 13.5. The summed E-state index contributed by atoms with van der Waals surface area (Å²) in [4.78, 5) is 49.3. The van der Waals surface area contributed by atoms with Crippen LogP contribution in [-0.2, 0) is 9.53 Å². The van der Waals surface area contributed by atoms with Gasteiger partial charge in [-0.1, -0.05) is 30.3 Å². The minimum Gasteiger partial charge on any atom is -0.452 e. The first-order valence-electron chi connectivity index (χ1n) is 9.10. The first-order valence-corrected chi connectivity index (χ1v) is 9.10. The summed E-state index contributed by atoms with van der Waals surface area (Å²) in [5, 5.41) is 2.42. The van der Waals surface area contributed by atoms with Gasteiger partial charge in [-0.25, -0.2) is 13.6 Å². The molecule has 3 aromatic rings. The molecule has 154 valence electrons. The number of carbonyl (C=O) groups is 4. The smallest absolute Gasteiger partial charge is 0.344 e. The van der Waals surface area contributed by atoms with Crippen LogP contribution in [0.5, 0.6) is 0 Å². The third-order valence-electron chi connectivity index (χ3n) is 4.71. The van der Waals surface area contributed by atoms with E-state index in [9.17, 15) is 28.0 Å². The van der Waals surface area contributed by atoms with Gasteiger partial charge in [-0.2, -0.15) is 0 Å². The van der Waals surface area contributed by atoms with E-state index in [-0.39, 0.29) is 33.9 Å². The van der Waals surface area contributed by atoms with Crippen molar-refractivity contribution in [1.82, 2.24) is 0 Å². The van der Waals surface area contributed by atoms with Crippen molar-refractivity contribution >= 4 is 29.1 Å². The van der Waals surface area contributed by atoms with Gasteiger partial charge in [0.25, 0.3) is 5.91 Å². The summed E-state index contributed by atoms with van der Waals surface area (Å²) >= 11 is 0. The van der Waals surface area contributed by atoms with E-state index < -0.39 is 35.7 Å². The highest BCUT2D eigenvalue weighted by Gasteiger charge is 2.29. The van der Waals surface area contributed by atoms with Crippen LogP contribution in [0.4, 0.5) is 14.5 Å². The van der Waals surface area contributed by atoms with Crippen LogP contribution in [0.1, 0.15) is 42.2 Å². The maximum absolute atomic E-state index is 13.6. The number of esters is 1. The van der Waals surface area contributed by atoms with E-state index in [1.807, 2.05) is 0 Å². The first kappa shape index (κ1) is 20.1. The maximum Gasteiger partial charge on any atom is 0.344 e. The number of amides is 1. The Morgan fingerprint density at radius 1 is 0.774 bits per heavy atom. The number of rotatable bonds is 4. The standard InChI is InChI=1S/C23H13F2NO5/c24-17-6-3-7-18(25)20(17)23(30)31-11-19(27)26-12-8-9-15-16(10-12)22(29)14-5-2-1-4-13(14)21(15)28/h1-10H,11H2,(H,26,27). The van der Waals surface area contributed by atoms with Crippen LogP contribution in [0, 0.1) is 11.6 Å². The van der Waals surface area contributed by atoms with Crippen LogP contribution in [0.2, 0.25) is 0 Å². The average Bonchev–Trinajstić information content (AvgIpc) is 2.76. The lowest BCUT2D eigenvalue weighted by Crippen LogP contribution is -2.23. The molecule has 1 N–H and O–H groups in total. The van der Waals surface area contributed by atoms with Gasteiger partial charge in [0.2, 0.25) is 0 Å². The predicted octanol–water partition coefficient (Wildman–Crippen LogP) is 3.54. The SMILES string of the molecule is O=C(COC(=O)c1c(F)cccc1F)Nc1ccc2c(c1)C(=O)c1ccccc1C2=O. The summed E-state index contributed by atoms with van der Waals surface area (Å²) in [6.45, 7) is -0.806. The van der Waals surface area contributed by atoms with Crippen LogP contribution < -0.4 is 5.32 Å². The molecular formula is C23H13F2NO5. The minimum atomic E-state index is -1.33. The number of anilines is 1. The molecule has 0 bridgehead atoms. The van der Waals surface area contributed by atoms with Crippen LogP contribution in [0.3, 0.4) is 0 Å². The topological polar surface area (TPSA) is 89.5 Å². The fourth-order valence-corrected chi connectivity index (χ4v) is 3.27. The largest absolute Gasteiger partial charge is 0.452 e. The second kappa shape index (κ2) is 7.91. The van der Waals surface area contributed by atoms with E-state index in [1.54, 1.807) is 24.3 Å². The molecule has 0 heterocycles. The summed E-state index contributed by atoms with van der Waals surface area (Å²) in [6.07, 6.45) is 0. The molecule has 0 unspecified atom stereocenters. The third kappa shape index (κ3) is 3.71. The molecule has 6 nitrogen and oxygen atoms in total. The number of ketones is 2. The molecule has 0 aromatic heterocycles. The number of hydrogen-bond acceptors (Lipinski definition) is 5. The van der Waals surface area contributed by atoms with E-state index in [2.05, 4.69) is 10.1 Å². The molecule has 1 aliphatic rings. The van der Waals surface area contributed by atoms with Crippen molar-refractivity contribution in [2.24, 2.45) is 0 Å². The van der Waals surface area contributed by atoms with Crippen LogP contribution in [0.15, 0.2) is 60.7 Å². The van der Waals surface area contributed by atoms with Gasteiger partial charge in [0.15, 0.2) is 18.2 Å². The van der Waals surface area contributed by atoms with Crippen molar-refractivity contribution < 1.29 is 32.7 Å². The second-order valence-electron chi connectivity index (χ2n) is 6.69. The Morgan fingerprint density at radius 3 is 2.00 bits per heavy atom. The average molecular weight is 421 g/mol. The zero-order valence-electron chi connectivity index (χ0n) is 15.8. The molecule has 0 fully saturated rings. The number of fused-ring (bicyclic) bond motifs is 2. The Balaban J connectivity index is 1.47. The van der Waals surface area contributed by atoms with Crippen molar-refractivity contribution in [3.63, 3.8) is 0 Å².